The quantitative estimate of drug-likeness (QED) is 0.253. The van der Waals surface area contributed by atoms with Gasteiger partial charge >= 0.3 is 0 Å². The Bertz CT molecular complexity index is 571. The molecule has 3 rings (SSSR count). The van der Waals surface area contributed by atoms with Crippen molar-refractivity contribution in [3.8, 4) is 0 Å². The molecule has 2 fully saturated rings. The second kappa shape index (κ2) is 15.2. The summed E-state index contributed by atoms with van der Waals surface area (Å²) in [5.74, 6) is 4.02. The van der Waals surface area contributed by atoms with Crippen molar-refractivity contribution in [3.05, 3.63) is 35.4 Å². The van der Waals surface area contributed by atoms with Crippen LogP contribution < -0.4 is 0 Å². The molecule has 2 aliphatic carbocycles. The highest BCUT2D eigenvalue weighted by atomic mass is 14.3. The van der Waals surface area contributed by atoms with Gasteiger partial charge in [0.1, 0.15) is 0 Å². The van der Waals surface area contributed by atoms with E-state index in [9.17, 15) is 0 Å². The number of hydrogen-bond acceptors (Lipinski definition) is 0. The first kappa shape index (κ1) is 25.8. The number of hydrogen-bond donors (Lipinski definition) is 0. The third kappa shape index (κ3) is 9.23. The lowest BCUT2D eigenvalue weighted by Gasteiger charge is -2.33. The molecule has 182 valence electrons. The minimum absolute atomic E-state index is 0.934. The molecule has 0 bridgehead atoms. The van der Waals surface area contributed by atoms with Gasteiger partial charge in [0.2, 0.25) is 0 Å². The Morgan fingerprint density at radius 2 is 1.25 bits per heavy atom. The van der Waals surface area contributed by atoms with Crippen molar-refractivity contribution in [1.29, 1.82) is 0 Å². The second-order valence-corrected chi connectivity index (χ2v) is 11.6. The van der Waals surface area contributed by atoms with E-state index >= 15 is 0 Å². The van der Waals surface area contributed by atoms with Gasteiger partial charge in [-0.25, -0.2) is 0 Å². The van der Waals surface area contributed by atoms with Crippen LogP contribution in [0.1, 0.15) is 141 Å². The molecule has 2 saturated carbocycles. The zero-order valence-electron chi connectivity index (χ0n) is 21.8. The Hall–Kier alpha value is -0.780. The van der Waals surface area contributed by atoms with Gasteiger partial charge in [-0.2, -0.15) is 0 Å². The van der Waals surface area contributed by atoms with Crippen LogP contribution in [0.4, 0.5) is 0 Å². The summed E-state index contributed by atoms with van der Waals surface area (Å²) in [5.41, 5.74) is 3.16. The maximum atomic E-state index is 2.47. The third-order valence-corrected chi connectivity index (χ3v) is 9.03. The third-order valence-electron chi connectivity index (χ3n) is 9.03. The van der Waals surface area contributed by atoms with Gasteiger partial charge in [0, 0.05) is 0 Å². The van der Waals surface area contributed by atoms with Crippen LogP contribution in [0.25, 0.3) is 0 Å². The molecular formula is C32H54. The topological polar surface area (TPSA) is 0 Å². The van der Waals surface area contributed by atoms with E-state index in [0.29, 0.717) is 0 Å². The van der Waals surface area contributed by atoms with Crippen LogP contribution in [-0.4, -0.2) is 0 Å². The number of benzene rings is 1. The predicted molar refractivity (Wildman–Crippen MR) is 142 cm³/mol. The fraction of sp³-hybridized carbons (Fsp3) is 0.812. The Kier molecular flexibility index (Phi) is 12.3. The molecule has 1 aromatic carbocycles. The molecule has 0 spiro atoms. The minimum atomic E-state index is 0.934. The van der Waals surface area contributed by atoms with Crippen LogP contribution in [-0.2, 0) is 12.8 Å². The molecule has 0 aliphatic heterocycles. The Morgan fingerprint density at radius 1 is 0.656 bits per heavy atom. The van der Waals surface area contributed by atoms with E-state index in [4.69, 9.17) is 0 Å². The number of unbranched alkanes of at least 4 members (excludes halogenated alkanes) is 4. The van der Waals surface area contributed by atoms with E-state index < -0.39 is 0 Å². The van der Waals surface area contributed by atoms with Crippen LogP contribution in [0, 0.1) is 23.7 Å². The molecular weight excluding hydrogens is 384 g/mol. The number of aryl methyl sites for hydroxylation is 1. The zero-order valence-corrected chi connectivity index (χ0v) is 21.8. The summed E-state index contributed by atoms with van der Waals surface area (Å²) in [6.07, 6.45) is 29.0. The molecule has 0 amide bonds. The molecule has 0 N–H and O–H groups in total. The second-order valence-electron chi connectivity index (χ2n) is 11.6. The predicted octanol–water partition coefficient (Wildman–Crippen LogP) is 10.3. The highest BCUT2D eigenvalue weighted by molar-refractivity contribution is 5.23. The SMILES string of the molecule is CCCCCc1ccc(CC(CCC2CCC(CCCCC)CC2)C2CCCCC2)cc1. The summed E-state index contributed by atoms with van der Waals surface area (Å²) in [7, 11) is 0. The van der Waals surface area contributed by atoms with Crippen LogP contribution in [0.5, 0.6) is 0 Å². The lowest BCUT2D eigenvalue weighted by molar-refractivity contribution is 0.196. The van der Waals surface area contributed by atoms with Gasteiger partial charge in [-0.1, -0.05) is 141 Å². The fourth-order valence-electron chi connectivity index (χ4n) is 6.78. The fourth-order valence-corrected chi connectivity index (χ4v) is 6.78. The van der Waals surface area contributed by atoms with Crippen molar-refractivity contribution >= 4 is 0 Å². The number of rotatable bonds is 14. The summed E-state index contributed by atoms with van der Waals surface area (Å²) >= 11 is 0. The molecule has 0 heterocycles. The van der Waals surface area contributed by atoms with Crippen molar-refractivity contribution in [2.45, 2.75) is 142 Å². The van der Waals surface area contributed by atoms with Gasteiger partial charge in [-0.3, -0.25) is 0 Å². The van der Waals surface area contributed by atoms with Gasteiger partial charge in [0.15, 0.2) is 0 Å². The summed E-state index contributed by atoms with van der Waals surface area (Å²) in [5, 5.41) is 0. The van der Waals surface area contributed by atoms with Gasteiger partial charge in [-0.05, 0) is 60.5 Å². The van der Waals surface area contributed by atoms with Gasteiger partial charge in [0.25, 0.3) is 0 Å². The van der Waals surface area contributed by atoms with Crippen molar-refractivity contribution in [3.63, 3.8) is 0 Å². The molecule has 0 radical (unpaired) electrons. The first-order valence-corrected chi connectivity index (χ1v) is 14.9. The van der Waals surface area contributed by atoms with Gasteiger partial charge in [0.05, 0.1) is 0 Å². The van der Waals surface area contributed by atoms with Gasteiger partial charge in [-0.15, -0.1) is 0 Å². The first-order chi connectivity index (χ1) is 15.8. The maximum absolute atomic E-state index is 2.47. The largest absolute Gasteiger partial charge is 0.0654 e. The van der Waals surface area contributed by atoms with E-state index in [0.717, 1.165) is 23.7 Å². The molecule has 0 aromatic heterocycles. The van der Waals surface area contributed by atoms with Crippen LogP contribution >= 0.6 is 0 Å². The molecule has 1 unspecified atom stereocenters. The summed E-state index contributed by atoms with van der Waals surface area (Å²) < 4.78 is 0. The highest BCUT2D eigenvalue weighted by Gasteiger charge is 2.26. The molecule has 2 aliphatic rings. The standard InChI is InChI=1S/C32H54/c1-3-5-8-12-27-16-18-29(19-17-27)24-25-32(31-14-10-7-11-15-31)26-30-22-20-28(21-23-30)13-9-6-4-2/h20-23,27,29,31-32H,3-19,24-26H2,1-2H3. The summed E-state index contributed by atoms with van der Waals surface area (Å²) in [4.78, 5) is 0. The average Bonchev–Trinajstić information content (AvgIpc) is 2.84. The van der Waals surface area contributed by atoms with Crippen molar-refractivity contribution in [1.82, 2.24) is 0 Å². The van der Waals surface area contributed by atoms with E-state index in [2.05, 4.69) is 38.1 Å². The van der Waals surface area contributed by atoms with Crippen molar-refractivity contribution in [2.75, 3.05) is 0 Å². The smallest absolute Gasteiger partial charge is 0.0248 e. The van der Waals surface area contributed by atoms with Gasteiger partial charge < -0.3 is 0 Å². The van der Waals surface area contributed by atoms with E-state index in [1.807, 2.05) is 0 Å². The van der Waals surface area contributed by atoms with Crippen LogP contribution in [0.3, 0.4) is 0 Å². The van der Waals surface area contributed by atoms with Crippen LogP contribution in [0.2, 0.25) is 0 Å². The zero-order chi connectivity index (χ0) is 22.4. The monoisotopic (exact) mass is 438 g/mol. The summed E-state index contributed by atoms with van der Waals surface area (Å²) in [6.45, 7) is 4.63. The molecule has 1 atom stereocenters. The Labute approximate surface area is 201 Å². The molecule has 1 aromatic rings. The van der Waals surface area contributed by atoms with Crippen molar-refractivity contribution < 1.29 is 0 Å². The Balaban J connectivity index is 1.47. The molecule has 0 nitrogen and oxygen atoms in total. The first-order valence-electron chi connectivity index (χ1n) is 14.9. The van der Waals surface area contributed by atoms with Crippen LogP contribution in [0.15, 0.2) is 24.3 Å². The Morgan fingerprint density at radius 3 is 1.91 bits per heavy atom. The highest BCUT2D eigenvalue weighted by Crippen LogP contribution is 2.39. The lowest BCUT2D eigenvalue weighted by atomic mass is 9.72. The molecule has 32 heavy (non-hydrogen) atoms. The van der Waals surface area contributed by atoms with E-state index in [-0.39, 0.29) is 0 Å². The molecule has 0 saturated heterocycles. The minimum Gasteiger partial charge on any atom is -0.0654 e. The summed E-state index contributed by atoms with van der Waals surface area (Å²) in [6, 6.07) is 9.81. The molecule has 0 heteroatoms. The normalized spacial score (nSPS) is 23.3. The van der Waals surface area contributed by atoms with Crippen molar-refractivity contribution in [2.24, 2.45) is 23.7 Å². The lowest BCUT2D eigenvalue weighted by Crippen LogP contribution is -2.22. The average molecular weight is 439 g/mol. The van der Waals surface area contributed by atoms with E-state index in [1.54, 1.807) is 11.1 Å². The maximum Gasteiger partial charge on any atom is -0.0248 e. The van der Waals surface area contributed by atoms with E-state index in [1.165, 1.54) is 128 Å².